The molecule has 4 nitrogen and oxygen atoms in total. The molecule has 19 heavy (non-hydrogen) atoms. The molecule has 108 valence electrons. The van der Waals surface area contributed by atoms with Crippen molar-refractivity contribution < 1.29 is 14.0 Å². The molecule has 0 spiro atoms. The van der Waals surface area contributed by atoms with E-state index in [2.05, 4.69) is 33.9 Å². The average molecular weight is 301 g/mol. The number of esters is 1. The molecule has 0 atom stereocenters. The van der Waals surface area contributed by atoms with Crippen molar-refractivity contribution in [2.45, 2.75) is 45.5 Å². The number of carbonyl (C=O) groups is 1. The van der Waals surface area contributed by atoms with E-state index in [-0.39, 0.29) is 5.04 Å². The van der Waals surface area contributed by atoms with Gasteiger partial charge in [0.2, 0.25) is 0 Å². The fourth-order valence-electron chi connectivity index (χ4n) is 1.33. The smallest absolute Gasteiger partial charge is 0.341 e. The van der Waals surface area contributed by atoms with E-state index in [1.165, 1.54) is 18.4 Å². The third-order valence-electron chi connectivity index (χ3n) is 3.68. The van der Waals surface area contributed by atoms with Gasteiger partial charge in [0.1, 0.15) is 5.00 Å². The topological polar surface area (TPSA) is 61.5 Å². The summed E-state index contributed by atoms with van der Waals surface area (Å²) in [7, 11) is -0.476. The summed E-state index contributed by atoms with van der Waals surface area (Å²) in [5, 5.41) is 2.50. The van der Waals surface area contributed by atoms with E-state index in [1.54, 1.807) is 0 Å². The first-order valence-electron chi connectivity index (χ1n) is 6.18. The largest absolute Gasteiger partial charge is 0.465 e. The van der Waals surface area contributed by atoms with Crippen molar-refractivity contribution in [1.82, 2.24) is 0 Å². The molecule has 0 unspecified atom stereocenters. The molecule has 1 aromatic rings. The molecule has 0 amide bonds. The number of hydrogen-bond donors (Lipinski definition) is 1. The number of methoxy groups -OCH3 is 1. The maximum absolute atomic E-state index is 11.7. The number of rotatable bonds is 4. The Bertz CT molecular complexity index is 463. The van der Waals surface area contributed by atoms with Crippen molar-refractivity contribution in [3.63, 3.8) is 0 Å². The van der Waals surface area contributed by atoms with Crippen LogP contribution in [0.1, 0.15) is 36.7 Å². The molecule has 0 fully saturated rings. The number of hydrogen-bond acceptors (Lipinski definition) is 5. The van der Waals surface area contributed by atoms with E-state index in [1.807, 2.05) is 5.38 Å². The van der Waals surface area contributed by atoms with Crippen molar-refractivity contribution in [3.8, 4) is 0 Å². The van der Waals surface area contributed by atoms with Gasteiger partial charge in [-0.2, -0.15) is 0 Å². The van der Waals surface area contributed by atoms with Gasteiger partial charge in [0.05, 0.1) is 19.3 Å². The molecular formula is C13H23NO3SSi. The quantitative estimate of drug-likeness (QED) is 0.681. The van der Waals surface area contributed by atoms with Crippen LogP contribution in [0.15, 0.2) is 5.38 Å². The molecule has 2 N–H and O–H groups in total. The van der Waals surface area contributed by atoms with Gasteiger partial charge in [0.15, 0.2) is 8.32 Å². The van der Waals surface area contributed by atoms with E-state index >= 15 is 0 Å². The number of nitrogen functional groups attached to an aromatic ring is 1. The molecule has 1 rings (SSSR count). The Morgan fingerprint density at radius 3 is 2.47 bits per heavy atom. The summed E-state index contributed by atoms with van der Waals surface area (Å²) in [5.41, 5.74) is 7.09. The summed E-state index contributed by atoms with van der Waals surface area (Å²) in [6.45, 7) is 11.3. The first-order valence-corrected chi connectivity index (χ1v) is 9.97. The monoisotopic (exact) mass is 301 g/mol. The van der Waals surface area contributed by atoms with Crippen LogP contribution in [0.4, 0.5) is 5.00 Å². The van der Waals surface area contributed by atoms with E-state index in [0.29, 0.717) is 17.2 Å². The van der Waals surface area contributed by atoms with Crippen LogP contribution in [-0.2, 0) is 15.8 Å². The average Bonchev–Trinajstić information content (AvgIpc) is 2.65. The molecule has 0 aliphatic carbocycles. The van der Waals surface area contributed by atoms with Crippen molar-refractivity contribution >= 4 is 30.6 Å². The van der Waals surface area contributed by atoms with Crippen LogP contribution in [0.5, 0.6) is 0 Å². The van der Waals surface area contributed by atoms with Gasteiger partial charge in [-0.15, -0.1) is 11.3 Å². The first-order chi connectivity index (χ1) is 8.60. The first kappa shape index (κ1) is 16.2. The van der Waals surface area contributed by atoms with Gasteiger partial charge in [-0.25, -0.2) is 4.79 Å². The molecule has 0 saturated heterocycles. The van der Waals surface area contributed by atoms with Gasteiger partial charge in [0.25, 0.3) is 0 Å². The summed E-state index contributed by atoms with van der Waals surface area (Å²) >= 11 is 1.35. The highest BCUT2D eigenvalue weighted by Crippen LogP contribution is 2.38. The predicted octanol–water partition coefficient (Wildman–Crippen LogP) is 3.64. The fourth-order valence-corrected chi connectivity index (χ4v) is 3.06. The minimum Gasteiger partial charge on any atom is -0.465 e. The lowest BCUT2D eigenvalue weighted by atomic mass is 10.2. The van der Waals surface area contributed by atoms with Crippen LogP contribution in [0, 0.1) is 0 Å². The van der Waals surface area contributed by atoms with Gasteiger partial charge in [-0.05, 0) is 23.5 Å². The summed E-state index contributed by atoms with van der Waals surface area (Å²) in [5.74, 6) is -0.396. The van der Waals surface area contributed by atoms with Crippen molar-refractivity contribution in [2.24, 2.45) is 0 Å². The van der Waals surface area contributed by atoms with Crippen molar-refractivity contribution in [1.29, 1.82) is 0 Å². The van der Waals surface area contributed by atoms with E-state index in [9.17, 15) is 4.79 Å². The second-order valence-corrected chi connectivity index (χ2v) is 11.8. The number of thiophene rings is 1. The summed E-state index contributed by atoms with van der Waals surface area (Å²) in [6.07, 6.45) is 0. The maximum Gasteiger partial charge on any atom is 0.341 e. The van der Waals surface area contributed by atoms with E-state index in [4.69, 9.17) is 14.9 Å². The number of anilines is 1. The Kier molecular flexibility index (Phi) is 4.81. The van der Waals surface area contributed by atoms with Crippen LogP contribution >= 0.6 is 11.3 Å². The number of carbonyl (C=O) groups excluding carboxylic acids is 1. The van der Waals surface area contributed by atoms with E-state index < -0.39 is 14.3 Å². The molecule has 0 aromatic carbocycles. The van der Waals surface area contributed by atoms with E-state index in [0.717, 1.165) is 5.56 Å². The molecule has 1 heterocycles. The molecule has 0 aliphatic heterocycles. The van der Waals surface area contributed by atoms with Crippen LogP contribution < -0.4 is 5.73 Å². The van der Waals surface area contributed by atoms with Gasteiger partial charge < -0.3 is 14.9 Å². The second kappa shape index (κ2) is 5.64. The van der Waals surface area contributed by atoms with Crippen LogP contribution in [0.2, 0.25) is 18.1 Å². The highest BCUT2D eigenvalue weighted by atomic mass is 32.1. The standard InChI is InChI=1S/C13H23NO3SSi/c1-13(2,3)19(5,6)17-7-9-8-18-11(14)10(9)12(15)16-4/h8H,7,14H2,1-6H3. The minimum absolute atomic E-state index is 0.139. The summed E-state index contributed by atoms with van der Waals surface area (Å²) in [4.78, 5) is 11.7. The van der Waals surface area contributed by atoms with Crippen LogP contribution in [0.3, 0.4) is 0 Å². The van der Waals surface area contributed by atoms with Crippen LogP contribution in [-0.4, -0.2) is 21.4 Å². The van der Waals surface area contributed by atoms with Gasteiger partial charge in [-0.1, -0.05) is 20.8 Å². The third kappa shape index (κ3) is 3.58. The summed E-state index contributed by atoms with van der Waals surface area (Å²) < 4.78 is 10.9. The molecular weight excluding hydrogens is 278 g/mol. The molecule has 0 bridgehead atoms. The highest BCUT2D eigenvalue weighted by Gasteiger charge is 2.37. The van der Waals surface area contributed by atoms with Crippen molar-refractivity contribution in [3.05, 3.63) is 16.5 Å². The Morgan fingerprint density at radius 2 is 2.00 bits per heavy atom. The lowest BCUT2D eigenvalue weighted by Crippen LogP contribution is -2.40. The predicted molar refractivity (Wildman–Crippen MR) is 82.1 cm³/mol. The van der Waals surface area contributed by atoms with Gasteiger partial charge >= 0.3 is 5.97 Å². The Hall–Kier alpha value is -0.853. The maximum atomic E-state index is 11.7. The summed E-state index contributed by atoms with van der Waals surface area (Å²) in [6, 6.07) is 0. The lowest BCUT2D eigenvalue weighted by molar-refractivity contribution is 0.0599. The zero-order valence-electron chi connectivity index (χ0n) is 12.5. The van der Waals surface area contributed by atoms with Gasteiger partial charge in [0, 0.05) is 5.56 Å². The number of ether oxygens (including phenoxy) is 1. The zero-order chi connectivity index (χ0) is 14.8. The second-order valence-electron chi connectivity index (χ2n) is 6.04. The molecule has 0 radical (unpaired) electrons. The third-order valence-corrected chi connectivity index (χ3v) is 9.02. The SMILES string of the molecule is COC(=O)c1c(CO[Si](C)(C)C(C)(C)C)csc1N. The Balaban J connectivity index is 2.88. The number of nitrogens with two attached hydrogens (primary N) is 1. The Labute approximate surface area is 120 Å². The Morgan fingerprint density at radius 1 is 1.42 bits per heavy atom. The fraction of sp³-hybridized carbons (Fsp3) is 0.615. The molecule has 0 saturated carbocycles. The highest BCUT2D eigenvalue weighted by molar-refractivity contribution is 7.14. The van der Waals surface area contributed by atoms with Crippen LogP contribution in [0.25, 0.3) is 0 Å². The van der Waals surface area contributed by atoms with Crippen molar-refractivity contribution in [2.75, 3.05) is 12.8 Å². The molecule has 6 heteroatoms. The normalized spacial score (nSPS) is 12.5. The molecule has 1 aromatic heterocycles. The lowest BCUT2D eigenvalue weighted by Gasteiger charge is -2.36. The molecule has 0 aliphatic rings. The minimum atomic E-state index is -1.83. The van der Waals surface area contributed by atoms with Gasteiger partial charge in [-0.3, -0.25) is 0 Å². The zero-order valence-corrected chi connectivity index (χ0v) is 14.3.